The lowest BCUT2D eigenvalue weighted by Crippen LogP contribution is -2.01. The maximum atomic E-state index is 10.7. The summed E-state index contributed by atoms with van der Waals surface area (Å²) in [5, 5.41) is 0.953. The molecule has 0 aliphatic heterocycles. The molecule has 1 rings (SSSR count). The standard InChI is InChI=1S/C11H12Br2O2/c1-8(14)15-10-4-2-9(3-5-10)11(13)6-7-12/h2-5,11H,6-7H2,1H3. The summed E-state index contributed by atoms with van der Waals surface area (Å²) in [5.41, 5.74) is 1.19. The van der Waals surface area contributed by atoms with Crippen molar-refractivity contribution in [3.8, 4) is 5.75 Å². The highest BCUT2D eigenvalue weighted by Gasteiger charge is 2.06. The van der Waals surface area contributed by atoms with Gasteiger partial charge in [0.05, 0.1) is 0 Å². The first kappa shape index (κ1) is 12.7. The van der Waals surface area contributed by atoms with E-state index in [9.17, 15) is 4.79 Å². The van der Waals surface area contributed by atoms with Crippen molar-refractivity contribution in [3.63, 3.8) is 0 Å². The van der Waals surface area contributed by atoms with Crippen LogP contribution in [0, 0.1) is 0 Å². The number of carbonyl (C=O) groups is 1. The molecule has 1 aromatic rings. The number of carbonyl (C=O) groups excluding carboxylic acids is 1. The minimum Gasteiger partial charge on any atom is -0.427 e. The van der Waals surface area contributed by atoms with E-state index in [4.69, 9.17) is 4.74 Å². The summed E-state index contributed by atoms with van der Waals surface area (Å²) in [6.45, 7) is 1.39. The quantitative estimate of drug-likeness (QED) is 0.475. The van der Waals surface area contributed by atoms with Crippen molar-refractivity contribution in [2.45, 2.75) is 18.2 Å². The van der Waals surface area contributed by atoms with E-state index < -0.39 is 0 Å². The van der Waals surface area contributed by atoms with Gasteiger partial charge in [-0.25, -0.2) is 0 Å². The molecule has 1 unspecified atom stereocenters. The van der Waals surface area contributed by atoms with Gasteiger partial charge in [-0.3, -0.25) is 4.79 Å². The van der Waals surface area contributed by atoms with Crippen LogP contribution in [0.1, 0.15) is 23.7 Å². The molecule has 0 N–H and O–H groups in total. The van der Waals surface area contributed by atoms with E-state index in [2.05, 4.69) is 31.9 Å². The van der Waals surface area contributed by atoms with Crippen LogP contribution in [-0.2, 0) is 4.79 Å². The second-order valence-electron chi connectivity index (χ2n) is 3.11. The number of halogens is 2. The Balaban J connectivity index is 2.67. The summed E-state index contributed by atoms with van der Waals surface area (Å²) in [6, 6.07) is 7.53. The molecule has 15 heavy (non-hydrogen) atoms. The highest BCUT2D eigenvalue weighted by molar-refractivity contribution is 9.09. The molecule has 0 heterocycles. The maximum absolute atomic E-state index is 10.7. The van der Waals surface area contributed by atoms with Crippen LogP contribution in [0.5, 0.6) is 5.75 Å². The molecule has 0 aromatic heterocycles. The van der Waals surface area contributed by atoms with Crippen molar-refractivity contribution in [2.75, 3.05) is 5.33 Å². The molecule has 2 nitrogen and oxygen atoms in total. The fourth-order valence-electron chi connectivity index (χ4n) is 1.17. The third-order valence-electron chi connectivity index (χ3n) is 1.87. The van der Waals surface area contributed by atoms with Crippen molar-refractivity contribution in [2.24, 2.45) is 0 Å². The number of hydrogen-bond donors (Lipinski definition) is 0. The highest BCUT2D eigenvalue weighted by atomic mass is 79.9. The number of esters is 1. The topological polar surface area (TPSA) is 26.3 Å². The second kappa shape index (κ2) is 6.28. The lowest BCUT2D eigenvalue weighted by molar-refractivity contribution is -0.131. The fourth-order valence-corrected chi connectivity index (χ4v) is 2.78. The van der Waals surface area contributed by atoms with E-state index in [1.54, 1.807) is 12.1 Å². The Hall–Kier alpha value is -0.350. The van der Waals surface area contributed by atoms with Crippen LogP contribution in [0.4, 0.5) is 0 Å². The fraction of sp³-hybridized carbons (Fsp3) is 0.364. The zero-order valence-electron chi connectivity index (χ0n) is 8.37. The molecule has 0 aliphatic carbocycles. The van der Waals surface area contributed by atoms with Gasteiger partial charge in [-0.15, -0.1) is 0 Å². The smallest absolute Gasteiger partial charge is 0.308 e. The Morgan fingerprint density at radius 2 is 2.00 bits per heavy atom. The zero-order chi connectivity index (χ0) is 11.3. The average molecular weight is 336 g/mol. The van der Waals surface area contributed by atoms with Crippen molar-refractivity contribution < 1.29 is 9.53 Å². The van der Waals surface area contributed by atoms with Gasteiger partial charge in [0.25, 0.3) is 0 Å². The van der Waals surface area contributed by atoms with Crippen LogP contribution in [0.3, 0.4) is 0 Å². The van der Waals surface area contributed by atoms with Gasteiger partial charge < -0.3 is 4.74 Å². The number of alkyl halides is 2. The number of benzene rings is 1. The Morgan fingerprint density at radius 3 is 2.47 bits per heavy atom. The molecule has 0 saturated carbocycles. The van der Waals surface area contributed by atoms with Crippen LogP contribution < -0.4 is 4.74 Å². The van der Waals surface area contributed by atoms with Crippen LogP contribution in [0.2, 0.25) is 0 Å². The third-order valence-corrected chi connectivity index (χ3v) is 3.31. The zero-order valence-corrected chi connectivity index (χ0v) is 11.5. The van der Waals surface area contributed by atoms with E-state index in [0.717, 1.165) is 11.8 Å². The van der Waals surface area contributed by atoms with Gasteiger partial charge in [0.15, 0.2) is 0 Å². The summed E-state index contributed by atoms with van der Waals surface area (Å²) in [6.07, 6.45) is 1.02. The van der Waals surface area contributed by atoms with E-state index in [1.165, 1.54) is 12.5 Å². The van der Waals surface area contributed by atoms with Crippen molar-refractivity contribution in [1.29, 1.82) is 0 Å². The first-order valence-corrected chi connectivity index (χ1v) is 6.65. The van der Waals surface area contributed by atoms with Gasteiger partial charge in [-0.1, -0.05) is 44.0 Å². The number of rotatable bonds is 4. The summed E-state index contributed by atoms with van der Waals surface area (Å²) >= 11 is 6.98. The molecule has 0 saturated heterocycles. The molecule has 0 fully saturated rings. The summed E-state index contributed by atoms with van der Waals surface area (Å²) in [7, 11) is 0. The van der Waals surface area contributed by atoms with Gasteiger partial charge in [0.2, 0.25) is 0 Å². The molecule has 0 spiro atoms. The summed E-state index contributed by atoms with van der Waals surface area (Å²) in [5.74, 6) is 0.295. The summed E-state index contributed by atoms with van der Waals surface area (Å²) < 4.78 is 4.95. The van der Waals surface area contributed by atoms with Crippen LogP contribution in [0.15, 0.2) is 24.3 Å². The highest BCUT2D eigenvalue weighted by Crippen LogP contribution is 2.28. The number of ether oxygens (including phenoxy) is 1. The molecule has 0 radical (unpaired) electrons. The SMILES string of the molecule is CC(=O)Oc1ccc(C(Br)CCBr)cc1. The van der Waals surface area contributed by atoms with Gasteiger partial charge in [0.1, 0.15) is 5.75 Å². The minimum absolute atomic E-state index is 0.293. The van der Waals surface area contributed by atoms with E-state index in [0.29, 0.717) is 10.6 Å². The molecule has 0 aliphatic rings. The third kappa shape index (κ3) is 4.34. The van der Waals surface area contributed by atoms with Crippen molar-refractivity contribution >= 4 is 37.8 Å². The molecule has 4 heteroatoms. The first-order chi connectivity index (χ1) is 7.13. The van der Waals surface area contributed by atoms with Gasteiger partial charge in [-0.2, -0.15) is 0 Å². The Bertz CT molecular complexity index is 322. The molecule has 1 aromatic carbocycles. The normalized spacial score (nSPS) is 12.2. The Labute approximate surface area is 106 Å². The second-order valence-corrected chi connectivity index (χ2v) is 5.01. The van der Waals surface area contributed by atoms with Gasteiger partial charge in [-0.05, 0) is 24.1 Å². The van der Waals surface area contributed by atoms with Gasteiger partial charge >= 0.3 is 5.97 Å². The minimum atomic E-state index is -0.293. The lowest BCUT2D eigenvalue weighted by atomic mass is 10.1. The Kier molecular flexibility index (Phi) is 5.32. The van der Waals surface area contributed by atoms with Crippen LogP contribution >= 0.6 is 31.9 Å². The molecule has 82 valence electrons. The predicted molar refractivity (Wildman–Crippen MR) is 67.8 cm³/mol. The number of hydrogen-bond acceptors (Lipinski definition) is 2. The largest absolute Gasteiger partial charge is 0.427 e. The maximum Gasteiger partial charge on any atom is 0.308 e. The van der Waals surface area contributed by atoms with E-state index in [1.807, 2.05) is 12.1 Å². The van der Waals surface area contributed by atoms with Crippen LogP contribution in [-0.4, -0.2) is 11.3 Å². The van der Waals surface area contributed by atoms with Crippen molar-refractivity contribution in [3.05, 3.63) is 29.8 Å². The predicted octanol–water partition coefficient (Wildman–Crippen LogP) is 3.83. The molecule has 0 bridgehead atoms. The molecular formula is C11H12Br2O2. The molecule has 1 atom stereocenters. The summed E-state index contributed by atoms with van der Waals surface area (Å²) in [4.78, 5) is 11.0. The van der Waals surface area contributed by atoms with Gasteiger partial charge in [0, 0.05) is 17.1 Å². The average Bonchev–Trinajstić information content (AvgIpc) is 2.18. The molecular weight excluding hydrogens is 324 g/mol. The monoisotopic (exact) mass is 334 g/mol. The van der Waals surface area contributed by atoms with Crippen molar-refractivity contribution in [1.82, 2.24) is 0 Å². The van der Waals surface area contributed by atoms with Crippen LogP contribution in [0.25, 0.3) is 0 Å². The lowest BCUT2D eigenvalue weighted by Gasteiger charge is -2.08. The van der Waals surface area contributed by atoms with E-state index >= 15 is 0 Å². The van der Waals surface area contributed by atoms with E-state index in [-0.39, 0.29) is 5.97 Å². The Morgan fingerprint density at radius 1 is 1.40 bits per heavy atom. The molecule has 0 amide bonds. The first-order valence-electron chi connectivity index (χ1n) is 4.62.